The molecule has 3 nitrogen and oxygen atoms in total. The van der Waals surface area contributed by atoms with Gasteiger partial charge in [0, 0.05) is 17.8 Å². The van der Waals surface area contributed by atoms with Crippen molar-refractivity contribution >= 4 is 5.69 Å². The van der Waals surface area contributed by atoms with Gasteiger partial charge in [-0.3, -0.25) is 0 Å². The highest BCUT2D eigenvalue weighted by Crippen LogP contribution is 2.33. The first-order valence-corrected chi connectivity index (χ1v) is 9.84. The average molecular weight is 356 g/mol. The molecule has 26 heavy (non-hydrogen) atoms. The Bertz CT molecular complexity index is 637. The van der Waals surface area contributed by atoms with Gasteiger partial charge in [-0.05, 0) is 42.3 Å². The number of hydrogen-bond acceptors (Lipinski definition) is 3. The van der Waals surface area contributed by atoms with Crippen LogP contribution in [0.2, 0.25) is 0 Å². The lowest BCUT2D eigenvalue weighted by Gasteiger charge is -2.12. The number of ether oxygens (including phenoxy) is 2. The van der Waals surface area contributed by atoms with Gasteiger partial charge in [-0.2, -0.15) is 0 Å². The highest BCUT2D eigenvalue weighted by Gasteiger charge is 2.07. The third kappa shape index (κ3) is 6.29. The summed E-state index contributed by atoms with van der Waals surface area (Å²) in [5, 5.41) is 3.52. The Balaban J connectivity index is 1.83. The molecule has 0 amide bonds. The van der Waals surface area contributed by atoms with Gasteiger partial charge in [0.25, 0.3) is 0 Å². The normalized spacial score (nSPS) is 10.6. The van der Waals surface area contributed by atoms with Gasteiger partial charge in [-0.15, -0.1) is 0 Å². The summed E-state index contributed by atoms with van der Waals surface area (Å²) in [5.41, 5.74) is 3.34. The molecule has 1 N–H and O–H groups in total. The number of hydrogen-bond donors (Lipinski definition) is 1. The van der Waals surface area contributed by atoms with Crippen LogP contribution in [0.1, 0.15) is 51.9 Å². The van der Waals surface area contributed by atoms with E-state index in [-0.39, 0.29) is 0 Å². The second-order valence-corrected chi connectivity index (χ2v) is 6.69. The molecule has 0 radical (unpaired) electrons. The van der Waals surface area contributed by atoms with E-state index < -0.39 is 0 Å². The zero-order chi connectivity index (χ0) is 18.6. The summed E-state index contributed by atoms with van der Waals surface area (Å²) in [7, 11) is 3.38. The standard InChI is InChI=1S/C23H33NO2/c1-4-5-6-7-8-9-10-17-24-20-13-11-19(12-14-20)22-18-21(25-2)15-16-23(22)26-3/h11-16,18,24H,4-10,17H2,1-3H3. The molecule has 2 rings (SSSR count). The SMILES string of the molecule is CCCCCCCCCNc1ccc(-c2cc(OC)ccc2OC)cc1. The number of anilines is 1. The highest BCUT2D eigenvalue weighted by atomic mass is 16.5. The Morgan fingerprint density at radius 1 is 0.769 bits per heavy atom. The Kier molecular flexibility index (Phi) is 8.88. The minimum Gasteiger partial charge on any atom is -0.497 e. The van der Waals surface area contributed by atoms with Crippen molar-refractivity contribution in [2.24, 2.45) is 0 Å². The Morgan fingerprint density at radius 3 is 2.12 bits per heavy atom. The lowest BCUT2D eigenvalue weighted by Crippen LogP contribution is -2.01. The topological polar surface area (TPSA) is 30.5 Å². The molecule has 0 aliphatic heterocycles. The van der Waals surface area contributed by atoms with Crippen molar-refractivity contribution in [2.45, 2.75) is 51.9 Å². The summed E-state index contributed by atoms with van der Waals surface area (Å²) < 4.78 is 10.8. The zero-order valence-electron chi connectivity index (χ0n) is 16.5. The molecule has 3 heteroatoms. The lowest BCUT2D eigenvalue weighted by atomic mass is 10.0. The van der Waals surface area contributed by atoms with Gasteiger partial charge < -0.3 is 14.8 Å². The van der Waals surface area contributed by atoms with E-state index in [0.717, 1.165) is 29.2 Å². The summed E-state index contributed by atoms with van der Waals surface area (Å²) >= 11 is 0. The smallest absolute Gasteiger partial charge is 0.126 e. The molecule has 142 valence electrons. The quantitative estimate of drug-likeness (QED) is 0.439. The number of nitrogens with one attached hydrogen (secondary N) is 1. The van der Waals surface area contributed by atoms with Crippen LogP contribution in [-0.2, 0) is 0 Å². The van der Waals surface area contributed by atoms with Gasteiger partial charge in [0.2, 0.25) is 0 Å². The van der Waals surface area contributed by atoms with Crippen molar-refractivity contribution in [3.8, 4) is 22.6 Å². The first kappa shape index (κ1) is 20.2. The lowest BCUT2D eigenvalue weighted by molar-refractivity contribution is 0.404. The van der Waals surface area contributed by atoms with Crippen molar-refractivity contribution in [1.82, 2.24) is 0 Å². The number of rotatable bonds is 12. The Hall–Kier alpha value is -2.16. The van der Waals surface area contributed by atoms with Crippen LogP contribution in [0.25, 0.3) is 11.1 Å². The molecule has 0 bridgehead atoms. The summed E-state index contributed by atoms with van der Waals surface area (Å²) in [5.74, 6) is 1.69. The molecule has 2 aromatic rings. The van der Waals surface area contributed by atoms with Gasteiger partial charge in [0.05, 0.1) is 14.2 Å². The number of benzene rings is 2. The molecular formula is C23H33NO2. The third-order valence-corrected chi connectivity index (χ3v) is 4.71. The summed E-state index contributed by atoms with van der Waals surface area (Å²) in [6, 6.07) is 14.4. The van der Waals surface area contributed by atoms with E-state index in [4.69, 9.17) is 9.47 Å². The predicted octanol–water partition coefficient (Wildman–Crippen LogP) is 6.53. The zero-order valence-corrected chi connectivity index (χ0v) is 16.5. The van der Waals surface area contributed by atoms with Gasteiger partial charge in [0.1, 0.15) is 11.5 Å². The van der Waals surface area contributed by atoms with Gasteiger partial charge in [-0.25, -0.2) is 0 Å². The molecule has 0 saturated heterocycles. The maximum absolute atomic E-state index is 5.49. The number of methoxy groups -OCH3 is 2. The fourth-order valence-corrected chi connectivity index (χ4v) is 3.12. The first-order chi connectivity index (χ1) is 12.8. The van der Waals surface area contributed by atoms with Crippen LogP contribution < -0.4 is 14.8 Å². The van der Waals surface area contributed by atoms with Crippen molar-refractivity contribution in [2.75, 3.05) is 26.1 Å². The van der Waals surface area contributed by atoms with Crippen LogP contribution in [-0.4, -0.2) is 20.8 Å². The Labute approximate surface area is 158 Å². The largest absolute Gasteiger partial charge is 0.497 e. The van der Waals surface area contributed by atoms with E-state index in [9.17, 15) is 0 Å². The van der Waals surface area contributed by atoms with E-state index in [1.54, 1.807) is 14.2 Å². The minimum absolute atomic E-state index is 0.835. The van der Waals surface area contributed by atoms with Crippen molar-refractivity contribution < 1.29 is 9.47 Å². The van der Waals surface area contributed by atoms with E-state index >= 15 is 0 Å². The van der Waals surface area contributed by atoms with Crippen LogP contribution in [0, 0.1) is 0 Å². The van der Waals surface area contributed by atoms with Crippen molar-refractivity contribution in [1.29, 1.82) is 0 Å². The van der Waals surface area contributed by atoms with E-state index in [1.165, 1.54) is 50.6 Å². The first-order valence-electron chi connectivity index (χ1n) is 9.84. The van der Waals surface area contributed by atoms with Gasteiger partial charge in [0.15, 0.2) is 0 Å². The highest BCUT2D eigenvalue weighted by molar-refractivity contribution is 5.73. The van der Waals surface area contributed by atoms with Gasteiger partial charge >= 0.3 is 0 Å². The van der Waals surface area contributed by atoms with Crippen LogP contribution in [0.4, 0.5) is 5.69 Å². The van der Waals surface area contributed by atoms with Crippen molar-refractivity contribution in [3.63, 3.8) is 0 Å². The number of unbranched alkanes of at least 4 members (excludes halogenated alkanes) is 6. The van der Waals surface area contributed by atoms with E-state index in [2.05, 4.69) is 36.5 Å². The second-order valence-electron chi connectivity index (χ2n) is 6.69. The van der Waals surface area contributed by atoms with E-state index in [1.807, 2.05) is 18.2 Å². The monoisotopic (exact) mass is 355 g/mol. The molecule has 2 aromatic carbocycles. The van der Waals surface area contributed by atoms with Crippen LogP contribution >= 0.6 is 0 Å². The molecule has 0 aliphatic carbocycles. The maximum Gasteiger partial charge on any atom is 0.126 e. The Morgan fingerprint density at radius 2 is 1.46 bits per heavy atom. The fourth-order valence-electron chi connectivity index (χ4n) is 3.12. The molecule has 0 atom stereocenters. The summed E-state index contributed by atoms with van der Waals surface area (Å²) in [4.78, 5) is 0. The second kappa shape index (κ2) is 11.5. The van der Waals surface area contributed by atoms with E-state index in [0.29, 0.717) is 0 Å². The molecule has 0 unspecified atom stereocenters. The molecule has 0 spiro atoms. The molecule has 0 saturated carbocycles. The van der Waals surface area contributed by atoms with Gasteiger partial charge in [-0.1, -0.05) is 57.6 Å². The fraction of sp³-hybridized carbons (Fsp3) is 0.478. The minimum atomic E-state index is 0.835. The third-order valence-electron chi connectivity index (χ3n) is 4.71. The predicted molar refractivity (Wildman–Crippen MR) is 111 cm³/mol. The van der Waals surface area contributed by atoms with Crippen LogP contribution in [0.3, 0.4) is 0 Å². The van der Waals surface area contributed by atoms with Crippen LogP contribution in [0.5, 0.6) is 11.5 Å². The maximum atomic E-state index is 5.49. The van der Waals surface area contributed by atoms with Crippen molar-refractivity contribution in [3.05, 3.63) is 42.5 Å². The summed E-state index contributed by atoms with van der Waals surface area (Å²) in [6.45, 7) is 3.30. The molecule has 0 heterocycles. The molecule has 0 aromatic heterocycles. The molecule has 0 fully saturated rings. The average Bonchev–Trinajstić information content (AvgIpc) is 2.70. The van der Waals surface area contributed by atoms with Crippen LogP contribution in [0.15, 0.2) is 42.5 Å². The summed E-state index contributed by atoms with van der Waals surface area (Å²) in [6.07, 6.45) is 9.37. The molecular weight excluding hydrogens is 322 g/mol. The molecule has 0 aliphatic rings.